The van der Waals surface area contributed by atoms with Crippen LogP contribution in [0, 0.1) is 16.2 Å². The summed E-state index contributed by atoms with van der Waals surface area (Å²) in [6.07, 6.45) is 4.51. The van der Waals surface area contributed by atoms with E-state index in [9.17, 15) is 13.2 Å². The van der Waals surface area contributed by atoms with Crippen LogP contribution in [0.1, 0.15) is 46.5 Å². The maximum Gasteiger partial charge on any atom is 0.252 e. The Balaban J connectivity index is 2.02. The Morgan fingerprint density at radius 2 is 1.62 bits per heavy atom. The lowest BCUT2D eigenvalue weighted by Crippen LogP contribution is -2.67. The first-order valence-electron chi connectivity index (χ1n) is 5.73. The third-order valence-electron chi connectivity index (χ3n) is 3.82. The fourth-order valence-corrected chi connectivity index (χ4v) is 4.92. The van der Waals surface area contributed by atoms with Gasteiger partial charge in [0.15, 0.2) is 0 Å². The highest BCUT2D eigenvalue weighted by molar-refractivity contribution is 8.05. The molecule has 0 amide bonds. The van der Waals surface area contributed by atoms with Gasteiger partial charge in [-0.2, -0.15) is 0 Å². The van der Waals surface area contributed by atoms with Crippen molar-refractivity contribution in [2.75, 3.05) is 6.26 Å². The molecule has 0 saturated heterocycles. The molecule has 0 spiro atoms. The number of rotatable bonds is 2. The van der Waals surface area contributed by atoms with E-state index in [0.717, 1.165) is 31.9 Å². The van der Waals surface area contributed by atoms with Gasteiger partial charge in [0.25, 0.3) is 5.12 Å². The van der Waals surface area contributed by atoms with E-state index < -0.39 is 20.4 Å². The van der Waals surface area contributed by atoms with E-state index in [0.29, 0.717) is 0 Å². The second kappa shape index (κ2) is 2.89. The van der Waals surface area contributed by atoms with Crippen LogP contribution < -0.4 is 0 Å². The molecule has 3 fully saturated rings. The van der Waals surface area contributed by atoms with Gasteiger partial charge in [-0.3, -0.25) is 4.79 Å². The Morgan fingerprint density at radius 3 is 1.94 bits per heavy atom. The summed E-state index contributed by atoms with van der Waals surface area (Å²) in [7, 11) is -3.49. The van der Waals surface area contributed by atoms with Gasteiger partial charge in [0.2, 0.25) is 9.84 Å². The highest BCUT2D eigenvalue weighted by atomic mass is 32.2. The van der Waals surface area contributed by atoms with E-state index in [-0.39, 0.29) is 10.8 Å². The average molecular weight is 244 g/mol. The van der Waals surface area contributed by atoms with Gasteiger partial charge in [0, 0.05) is 11.7 Å². The molecule has 0 unspecified atom stereocenters. The van der Waals surface area contributed by atoms with Crippen molar-refractivity contribution in [3.05, 3.63) is 0 Å². The minimum absolute atomic E-state index is 0.265. The van der Waals surface area contributed by atoms with Crippen molar-refractivity contribution in [3.63, 3.8) is 0 Å². The lowest BCUT2D eigenvalue weighted by atomic mass is 9.33. The zero-order valence-electron chi connectivity index (χ0n) is 10.5. The fraction of sp³-hybridized carbons (Fsp3) is 0.917. The largest absolute Gasteiger partial charge is 0.281 e. The SMILES string of the molecule is CC(C)(C)CC12CC(C(=O)S(C)(=O)=O)(C1)C2. The van der Waals surface area contributed by atoms with E-state index >= 15 is 0 Å². The topological polar surface area (TPSA) is 51.2 Å². The molecule has 0 aromatic heterocycles. The molecule has 0 radical (unpaired) electrons. The number of carbonyl (C=O) groups is 1. The molecule has 0 aromatic rings. The van der Waals surface area contributed by atoms with Crippen molar-refractivity contribution in [3.8, 4) is 0 Å². The van der Waals surface area contributed by atoms with E-state index in [1.807, 2.05) is 0 Å². The number of hydrogen-bond acceptors (Lipinski definition) is 3. The molecule has 0 aliphatic heterocycles. The molecule has 3 rings (SSSR count). The molecule has 3 aliphatic carbocycles. The zero-order chi connectivity index (χ0) is 12.4. The molecule has 0 N–H and O–H groups in total. The van der Waals surface area contributed by atoms with Crippen molar-refractivity contribution in [1.82, 2.24) is 0 Å². The Kier molecular flexibility index (Phi) is 2.19. The van der Waals surface area contributed by atoms with Crippen LogP contribution in [0.15, 0.2) is 0 Å². The number of carbonyl (C=O) groups excluding carboxylic acids is 1. The molecular formula is C12H20O3S. The summed E-state index contributed by atoms with van der Waals surface area (Å²) in [5.74, 6) is 0. The maximum absolute atomic E-state index is 11.7. The smallest absolute Gasteiger partial charge is 0.252 e. The van der Waals surface area contributed by atoms with E-state index in [1.165, 1.54) is 0 Å². The lowest BCUT2D eigenvalue weighted by molar-refractivity contribution is -0.209. The van der Waals surface area contributed by atoms with Gasteiger partial charge < -0.3 is 0 Å². The van der Waals surface area contributed by atoms with Crippen LogP contribution >= 0.6 is 0 Å². The van der Waals surface area contributed by atoms with Crippen LogP contribution in [-0.2, 0) is 14.6 Å². The first-order valence-corrected chi connectivity index (χ1v) is 7.62. The second-order valence-corrected chi connectivity index (χ2v) is 9.02. The van der Waals surface area contributed by atoms with Gasteiger partial charge in [-0.15, -0.1) is 0 Å². The summed E-state index contributed by atoms with van der Waals surface area (Å²) < 4.78 is 22.5. The third-order valence-corrected chi connectivity index (χ3v) is 4.92. The fourth-order valence-electron chi connectivity index (χ4n) is 3.92. The summed E-state index contributed by atoms with van der Waals surface area (Å²) in [5.41, 5.74) is 0.0537. The van der Waals surface area contributed by atoms with Gasteiger partial charge in [-0.25, -0.2) is 8.42 Å². The first kappa shape index (κ1) is 12.1. The average Bonchev–Trinajstić information content (AvgIpc) is 1.88. The quantitative estimate of drug-likeness (QED) is 0.748. The van der Waals surface area contributed by atoms with Crippen LogP contribution in [0.4, 0.5) is 0 Å². The first-order chi connectivity index (χ1) is 6.98. The molecule has 16 heavy (non-hydrogen) atoms. The summed E-state index contributed by atoms with van der Waals surface area (Å²) >= 11 is 0. The molecule has 3 aliphatic rings. The molecular weight excluding hydrogens is 224 g/mol. The van der Waals surface area contributed by atoms with Gasteiger partial charge in [-0.1, -0.05) is 20.8 Å². The summed E-state index contributed by atoms with van der Waals surface area (Å²) in [6, 6.07) is 0. The highest BCUT2D eigenvalue weighted by Crippen LogP contribution is 2.76. The Morgan fingerprint density at radius 1 is 1.19 bits per heavy atom. The van der Waals surface area contributed by atoms with Crippen LogP contribution in [0.3, 0.4) is 0 Å². The molecule has 4 heteroatoms. The maximum atomic E-state index is 11.7. The Labute approximate surface area is 97.5 Å². The van der Waals surface area contributed by atoms with Crippen LogP contribution in [0.5, 0.6) is 0 Å². The molecule has 0 aromatic carbocycles. The molecule has 2 bridgehead atoms. The van der Waals surface area contributed by atoms with Crippen LogP contribution in [0.25, 0.3) is 0 Å². The van der Waals surface area contributed by atoms with Gasteiger partial charge in [0.1, 0.15) is 0 Å². The minimum atomic E-state index is -3.49. The summed E-state index contributed by atoms with van der Waals surface area (Å²) in [5, 5.41) is -0.518. The normalized spacial score (nSPS) is 37.5. The molecule has 92 valence electrons. The zero-order valence-corrected chi connectivity index (χ0v) is 11.3. The summed E-state index contributed by atoms with van der Waals surface area (Å²) in [6.45, 7) is 6.58. The van der Waals surface area contributed by atoms with Crippen molar-refractivity contribution in [2.24, 2.45) is 16.2 Å². The molecule has 3 nitrogen and oxygen atoms in total. The van der Waals surface area contributed by atoms with Crippen LogP contribution in [0.2, 0.25) is 0 Å². The van der Waals surface area contributed by atoms with Crippen molar-refractivity contribution >= 4 is 15.0 Å². The van der Waals surface area contributed by atoms with E-state index in [2.05, 4.69) is 20.8 Å². The van der Waals surface area contributed by atoms with E-state index in [4.69, 9.17) is 0 Å². The molecule has 3 saturated carbocycles. The lowest BCUT2D eigenvalue weighted by Gasteiger charge is -2.70. The van der Waals surface area contributed by atoms with E-state index in [1.54, 1.807) is 0 Å². The minimum Gasteiger partial charge on any atom is -0.281 e. The predicted molar refractivity (Wildman–Crippen MR) is 62.6 cm³/mol. The van der Waals surface area contributed by atoms with Gasteiger partial charge in [-0.05, 0) is 36.5 Å². The van der Waals surface area contributed by atoms with Crippen molar-refractivity contribution < 1.29 is 13.2 Å². The standard InChI is InChI=1S/C12H20O3S/c1-10(2,3)5-11-6-12(7-11,8-11)9(13)16(4,14)15/h5-8H2,1-4H3. The molecule has 0 heterocycles. The predicted octanol–water partition coefficient (Wildman–Crippen LogP) is 2.16. The van der Waals surface area contributed by atoms with Crippen LogP contribution in [-0.4, -0.2) is 19.8 Å². The Bertz CT molecular complexity index is 420. The summed E-state index contributed by atoms with van der Waals surface area (Å²) in [4.78, 5) is 11.7. The third kappa shape index (κ3) is 1.71. The highest BCUT2D eigenvalue weighted by Gasteiger charge is 2.72. The second-order valence-electron chi connectivity index (χ2n) is 7.11. The molecule has 0 atom stereocenters. The van der Waals surface area contributed by atoms with Gasteiger partial charge in [0.05, 0.1) is 0 Å². The number of sulfone groups is 1. The Hall–Kier alpha value is -0.380. The number of hydrogen-bond donors (Lipinski definition) is 0. The monoisotopic (exact) mass is 244 g/mol. The van der Waals surface area contributed by atoms with Crippen molar-refractivity contribution in [1.29, 1.82) is 0 Å². The van der Waals surface area contributed by atoms with Gasteiger partial charge >= 0.3 is 0 Å². The van der Waals surface area contributed by atoms with Crippen molar-refractivity contribution in [2.45, 2.75) is 46.5 Å².